The lowest BCUT2D eigenvalue weighted by atomic mass is 9.96. The molecule has 15 heavy (non-hydrogen) atoms. The predicted octanol–water partition coefficient (Wildman–Crippen LogP) is 2.97. The number of thiophene rings is 1. The average Bonchev–Trinajstić information content (AvgIpc) is 2.48. The van der Waals surface area contributed by atoms with E-state index >= 15 is 0 Å². The van der Waals surface area contributed by atoms with Gasteiger partial charge in [0.05, 0.1) is 4.88 Å². The van der Waals surface area contributed by atoms with Gasteiger partial charge >= 0.3 is 6.18 Å². The fourth-order valence-electron chi connectivity index (χ4n) is 0.820. The molecule has 2 N–H and O–H groups in total. The Kier molecular flexibility index (Phi) is 3.27. The molecule has 84 valence electrons. The van der Waals surface area contributed by atoms with E-state index in [1.807, 2.05) is 0 Å². The first kappa shape index (κ1) is 12.7. The van der Waals surface area contributed by atoms with Crippen LogP contribution in [0.4, 0.5) is 13.2 Å². The molecule has 1 unspecified atom stereocenters. The van der Waals surface area contributed by atoms with Gasteiger partial charge in [0.25, 0.3) is 0 Å². The van der Waals surface area contributed by atoms with Crippen LogP contribution in [0.5, 0.6) is 0 Å². The minimum Gasteiger partial charge on any atom is -0.311 e. The van der Waals surface area contributed by atoms with E-state index in [0.717, 1.165) is 11.3 Å². The Bertz CT molecular complexity index is 385. The molecule has 0 aliphatic carbocycles. The Morgan fingerprint density at radius 1 is 1.53 bits per heavy atom. The molecule has 0 aromatic carbocycles. The molecule has 1 rings (SSSR count). The maximum Gasteiger partial charge on any atom is 0.413 e. The van der Waals surface area contributed by atoms with Crippen LogP contribution >= 0.6 is 27.3 Å². The standard InChI is InChI=1S/C8H7BrF3NOS/c1-7(13,8(10,11)12)6(14)5-4(9)2-3-15-5/h2-3H,13H2,1H3. The number of halogens is 4. The van der Waals surface area contributed by atoms with Crippen molar-refractivity contribution in [2.75, 3.05) is 0 Å². The fourth-order valence-corrected chi connectivity index (χ4v) is 2.43. The van der Waals surface area contributed by atoms with Crippen molar-refractivity contribution in [1.82, 2.24) is 0 Å². The summed E-state index contributed by atoms with van der Waals surface area (Å²) in [5.41, 5.74) is 2.16. The number of hydrogen-bond acceptors (Lipinski definition) is 3. The molecular formula is C8H7BrF3NOS. The van der Waals surface area contributed by atoms with E-state index in [4.69, 9.17) is 5.73 Å². The molecule has 0 fully saturated rings. The first-order valence-corrected chi connectivity index (χ1v) is 5.48. The first-order valence-electron chi connectivity index (χ1n) is 3.81. The van der Waals surface area contributed by atoms with Crippen molar-refractivity contribution in [1.29, 1.82) is 0 Å². The van der Waals surface area contributed by atoms with Gasteiger partial charge in [-0.15, -0.1) is 11.3 Å². The van der Waals surface area contributed by atoms with Crippen molar-refractivity contribution >= 4 is 33.0 Å². The zero-order valence-corrected chi connectivity index (χ0v) is 9.96. The highest BCUT2D eigenvalue weighted by Crippen LogP contribution is 2.34. The smallest absolute Gasteiger partial charge is 0.311 e. The maximum absolute atomic E-state index is 12.5. The molecule has 1 aromatic heterocycles. The normalized spacial score (nSPS) is 16.1. The van der Waals surface area contributed by atoms with Crippen LogP contribution in [0.3, 0.4) is 0 Å². The minimum atomic E-state index is -4.76. The Balaban J connectivity index is 3.11. The van der Waals surface area contributed by atoms with E-state index in [9.17, 15) is 18.0 Å². The number of rotatable bonds is 2. The number of carbonyl (C=O) groups excluding carboxylic acids is 1. The summed E-state index contributed by atoms with van der Waals surface area (Å²) in [6.07, 6.45) is -4.76. The van der Waals surface area contributed by atoms with Gasteiger partial charge in [0.1, 0.15) is 0 Å². The lowest BCUT2D eigenvalue weighted by Gasteiger charge is -2.25. The van der Waals surface area contributed by atoms with Crippen LogP contribution in [0.1, 0.15) is 16.6 Å². The molecule has 0 aliphatic heterocycles. The molecule has 0 amide bonds. The third kappa shape index (κ3) is 2.24. The van der Waals surface area contributed by atoms with E-state index in [1.54, 1.807) is 0 Å². The Labute approximate surface area is 96.4 Å². The van der Waals surface area contributed by atoms with Crippen molar-refractivity contribution in [3.05, 3.63) is 20.8 Å². The average molecular weight is 302 g/mol. The summed E-state index contributed by atoms with van der Waals surface area (Å²) in [7, 11) is 0. The van der Waals surface area contributed by atoms with Crippen LogP contribution in [0.2, 0.25) is 0 Å². The van der Waals surface area contributed by atoms with Crippen molar-refractivity contribution in [2.45, 2.75) is 18.6 Å². The zero-order chi connectivity index (χ0) is 11.9. The van der Waals surface area contributed by atoms with Gasteiger partial charge in [-0.1, -0.05) is 0 Å². The summed E-state index contributed by atoms with van der Waals surface area (Å²) in [5.74, 6) is -1.13. The molecule has 7 heteroatoms. The molecular weight excluding hydrogens is 295 g/mol. The number of nitrogens with two attached hydrogens (primary N) is 1. The Hall–Kier alpha value is -0.400. The summed E-state index contributed by atoms with van der Waals surface area (Å²) in [4.78, 5) is 11.5. The summed E-state index contributed by atoms with van der Waals surface area (Å²) in [6.45, 7) is 0.668. The number of ketones is 1. The third-order valence-corrected chi connectivity index (χ3v) is 3.72. The molecule has 0 spiro atoms. The molecule has 1 atom stereocenters. The summed E-state index contributed by atoms with van der Waals surface area (Å²) in [5, 5.41) is 1.52. The summed E-state index contributed by atoms with van der Waals surface area (Å²) in [6, 6.07) is 1.50. The second-order valence-electron chi connectivity index (χ2n) is 3.13. The van der Waals surface area contributed by atoms with Gasteiger partial charge in [0.15, 0.2) is 5.54 Å². The lowest BCUT2D eigenvalue weighted by molar-refractivity contribution is -0.165. The van der Waals surface area contributed by atoms with Crippen LogP contribution in [-0.4, -0.2) is 17.5 Å². The van der Waals surface area contributed by atoms with Gasteiger partial charge < -0.3 is 5.73 Å². The molecule has 0 radical (unpaired) electrons. The van der Waals surface area contributed by atoms with E-state index in [1.165, 1.54) is 11.4 Å². The quantitative estimate of drug-likeness (QED) is 0.854. The fraction of sp³-hybridized carbons (Fsp3) is 0.375. The molecule has 0 bridgehead atoms. The van der Waals surface area contributed by atoms with Crippen molar-refractivity contribution in [2.24, 2.45) is 5.73 Å². The number of hydrogen-bond donors (Lipinski definition) is 1. The topological polar surface area (TPSA) is 43.1 Å². The van der Waals surface area contributed by atoms with Gasteiger partial charge in [-0.25, -0.2) is 0 Å². The minimum absolute atomic E-state index is 0.0164. The number of Topliss-reactive ketones (excluding diaryl/α,β-unsaturated/α-hetero) is 1. The SMILES string of the molecule is CC(N)(C(=O)c1sccc1Br)C(F)(F)F. The summed E-state index contributed by atoms with van der Waals surface area (Å²) >= 11 is 3.92. The van der Waals surface area contributed by atoms with Crippen LogP contribution in [-0.2, 0) is 0 Å². The van der Waals surface area contributed by atoms with Crippen LogP contribution in [0, 0.1) is 0 Å². The van der Waals surface area contributed by atoms with E-state index < -0.39 is 17.5 Å². The van der Waals surface area contributed by atoms with Gasteiger partial charge in [0.2, 0.25) is 5.78 Å². The van der Waals surface area contributed by atoms with Gasteiger partial charge in [0, 0.05) is 4.47 Å². The highest BCUT2D eigenvalue weighted by Gasteiger charge is 2.54. The molecule has 1 heterocycles. The van der Waals surface area contributed by atoms with Gasteiger partial charge in [-0.3, -0.25) is 4.79 Å². The molecule has 1 aromatic rings. The molecule has 0 saturated heterocycles. The van der Waals surface area contributed by atoms with Crippen molar-refractivity contribution < 1.29 is 18.0 Å². The first-order chi connectivity index (χ1) is 6.68. The van der Waals surface area contributed by atoms with E-state index in [-0.39, 0.29) is 4.88 Å². The number of carbonyl (C=O) groups is 1. The van der Waals surface area contributed by atoms with Crippen molar-refractivity contribution in [3.8, 4) is 0 Å². The van der Waals surface area contributed by atoms with Crippen LogP contribution in [0.25, 0.3) is 0 Å². The Morgan fingerprint density at radius 3 is 2.40 bits per heavy atom. The van der Waals surface area contributed by atoms with Crippen LogP contribution < -0.4 is 5.73 Å². The largest absolute Gasteiger partial charge is 0.413 e. The zero-order valence-electron chi connectivity index (χ0n) is 7.56. The summed E-state index contributed by atoms with van der Waals surface area (Å²) < 4.78 is 37.7. The Morgan fingerprint density at radius 2 is 2.07 bits per heavy atom. The van der Waals surface area contributed by atoms with E-state index in [2.05, 4.69) is 15.9 Å². The molecule has 0 aliphatic rings. The highest BCUT2D eigenvalue weighted by atomic mass is 79.9. The second-order valence-corrected chi connectivity index (χ2v) is 4.90. The number of alkyl halides is 3. The third-order valence-electron chi connectivity index (χ3n) is 1.88. The molecule has 2 nitrogen and oxygen atoms in total. The van der Waals surface area contributed by atoms with Crippen molar-refractivity contribution in [3.63, 3.8) is 0 Å². The predicted molar refractivity (Wildman–Crippen MR) is 55.0 cm³/mol. The van der Waals surface area contributed by atoms with Gasteiger partial charge in [-0.2, -0.15) is 13.2 Å². The maximum atomic E-state index is 12.5. The van der Waals surface area contributed by atoms with Gasteiger partial charge in [-0.05, 0) is 34.3 Å². The monoisotopic (exact) mass is 301 g/mol. The highest BCUT2D eigenvalue weighted by molar-refractivity contribution is 9.10. The lowest BCUT2D eigenvalue weighted by Crippen LogP contribution is -2.56. The second kappa shape index (κ2) is 3.88. The van der Waals surface area contributed by atoms with E-state index in [0.29, 0.717) is 11.4 Å². The van der Waals surface area contributed by atoms with Crippen LogP contribution in [0.15, 0.2) is 15.9 Å². The molecule has 0 saturated carbocycles.